The molecule has 0 amide bonds. The molecule has 0 atom stereocenters. The third-order valence-electron chi connectivity index (χ3n) is 3.77. The van der Waals surface area contributed by atoms with Crippen molar-refractivity contribution in [1.82, 2.24) is 4.90 Å². The van der Waals surface area contributed by atoms with Gasteiger partial charge in [-0.1, -0.05) is 12.1 Å². The monoisotopic (exact) mass is 243 g/mol. The van der Waals surface area contributed by atoms with Crippen LogP contribution in [0, 0.1) is 17.2 Å². The summed E-state index contributed by atoms with van der Waals surface area (Å²) in [5.74, 6) is 0.826. The second-order valence-electron chi connectivity index (χ2n) is 5.11. The topological polar surface area (TPSA) is 53.0 Å². The van der Waals surface area contributed by atoms with Gasteiger partial charge in [0.05, 0.1) is 11.6 Å². The first-order valence-electron chi connectivity index (χ1n) is 6.73. The quantitative estimate of drug-likeness (QED) is 0.881. The summed E-state index contributed by atoms with van der Waals surface area (Å²) in [7, 11) is 0. The average molecular weight is 243 g/mol. The molecule has 1 heterocycles. The highest BCUT2D eigenvalue weighted by molar-refractivity contribution is 5.31. The Labute approximate surface area is 109 Å². The second kappa shape index (κ2) is 6.53. The van der Waals surface area contributed by atoms with Crippen LogP contribution in [0.1, 0.15) is 30.4 Å². The zero-order valence-corrected chi connectivity index (χ0v) is 10.8. The Balaban J connectivity index is 1.82. The molecule has 2 rings (SSSR count). The van der Waals surface area contributed by atoms with Gasteiger partial charge in [-0.2, -0.15) is 5.26 Å². The number of rotatable bonds is 4. The van der Waals surface area contributed by atoms with E-state index in [4.69, 9.17) is 11.0 Å². The van der Waals surface area contributed by atoms with Crippen molar-refractivity contribution in [2.24, 2.45) is 11.7 Å². The fourth-order valence-electron chi connectivity index (χ4n) is 2.61. The highest BCUT2D eigenvalue weighted by Gasteiger charge is 2.18. The smallest absolute Gasteiger partial charge is 0.0991 e. The lowest BCUT2D eigenvalue weighted by atomic mass is 9.93. The predicted octanol–water partition coefficient (Wildman–Crippen LogP) is 2.12. The molecule has 1 aliphatic heterocycles. The molecule has 1 aromatic carbocycles. The van der Waals surface area contributed by atoms with Crippen molar-refractivity contribution in [3.63, 3.8) is 0 Å². The number of nitriles is 1. The lowest BCUT2D eigenvalue weighted by Crippen LogP contribution is -2.33. The summed E-state index contributed by atoms with van der Waals surface area (Å²) in [6.07, 6.45) is 3.71. The summed E-state index contributed by atoms with van der Waals surface area (Å²) in [6, 6.07) is 10.1. The zero-order chi connectivity index (χ0) is 12.8. The molecule has 2 N–H and O–H groups in total. The highest BCUT2D eigenvalue weighted by atomic mass is 15.1. The SMILES string of the molecule is N#Cc1ccc(CN2CCC(CCN)CC2)cc1. The van der Waals surface area contributed by atoms with Crippen LogP contribution >= 0.6 is 0 Å². The molecule has 1 aliphatic rings. The molecule has 0 bridgehead atoms. The van der Waals surface area contributed by atoms with E-state index >= 15 is 0 Å². The van der Waals surface area contributed by atoms with E-state index in [2.05, 4.69) is 23.1 Å². The first-order chi connectivity index (χ1) is 8.81. The molecule has 96 valence electrons. The van der Waals surface area contributed by atoms with Crippen LogP contribution in [0.3, 0.4) is 0 Å². The Hall–Kier alpha value is -1.37. The van der Waals surface area contributed by atoms with Crippen molar-refractivity contribution in [3.05, 3.63) is 35.4 Å². The maximum atomic E-state index is 8.76. The van der Waals surface area contributed by atoms with E-state index in [-0.39, 0.29) is 0 Å². The molecular formula is C15H21N3. The molecule has 1 saturated heterocycles. The number of hydrogen-bond acceptors (Lipinski definition) is 3. The molecule has 1 fully saturated rings. The number of likely N-dealkylation sites (tertiary alicyclic amines) is 1. The fraction of sp³-hybridized carbons (Fsp3) is 0.533. The Morgan fingerprint density at radius 3 is 2.44 bits per heavy atom. The van der Waals surface area contributed by atoms with Crippen molar-refractivity contribution in [1.29, 1.82) is 5.26 Å². The Morgan fingerprint density at radius 2 is 1.89 bits per heavy atom. The number of nitrogens with two attached hydrogens (primary N) is 1. The van der Waals surface area contributed by atoms with Gasteiger partial charge in [0.15, 0.2) is 0 Å². The molecule has 18 heavy (non-hydrogen) atoms. The summed E-state index contributed by atoms with van der Waals surface area (Å²) >= 11 is 0. The third kappa shape index (κ3) is 3.56. The minimum atomic E-state index is 0.736. The normalized spacial score (nSPS) is 17.6. The number of nitrogens with zero attached hydrogens (tertiary/aromatic N) is 2. The van der Waals surface area contributed by atoms with Gasteiger partial charge in [-0.05, 0) is 62.5 Å². The number of benzene rings is 1. The molecule has 0 saturated carbocycles. The van der Waals surface area contributed by atoms with Gasteiger partial charge in [0.2, 0.25) is 0 Å². The number of hydrogen-bond donors (Lipinski definition) is 1. The predicted molar refractivity (Wildman–Crippen MR) is 72.8 cm³/mol. The maximum Gasteiger partial charge on any atom is 0.0991 e. The maximum absolute atomic E-state index is 8.76. The molecule has 0 spiro atoms. The van der Waals surface area contributed by atoms with Crippen molar-refractivity contribution < 1.29 is 0 Å². The van der Waals surface area contributed by atoms with Crippen LogP contribution in [0.25, 0.3) is 0 Å². The Bertz CT molecular complexity index is 397. The van der Waals surface area contributed by atoms with Gasteiger partial charge >= 0.3 is 0 Å². The molecule has 1 aromatic rings. The van der Waals surface area contributed by atoms with Gasteiger partial charge in [-0.3, -0.25) is 4.90 Å². The molecular weight excluding hydrogens is 222 g/mol. The van der Waals surface area contributed by atoms with Crippen LogP contribution in [-0.4, -0.2) is 24.5 Å². The van der Waals surface area contributed by atoms with Crippen molar-refractivity contribution >= 4 is 0 Å². The number of piperidine rings is 1. The first-order valence-corrected chi connectivity index (χ1v) is 6.73. The van der Waals surface area contributed by atoms with Gasteiger partial charge in [-0.15, -0.1) is 0 Å². The molecule has 0 unspecified atom stereocenters. The van der Waals surface area contributed by atoms with Crippen LogP contribution in [0.2, 0.25) is 0 Å². The standard InChI is InChI=1S/C15H21N3/c16-8-5-13-6-9-18(10-7-13)12-15-3-1-14(11-17)2-4-15/h1-4,13H,5-10,12,16H2. The van der Waals surface area contributed by atoms with Crippen LogP contribution in [0.5, 0.6) is 0 Å². The summed E-state index contributed by atoms with van der Waals surface area (Å²) in [6.45, 7) is 4.16. The van der Waals surface area contributed by atoms with Gasteiger partial charge in [0.25, 0.3) is 0 Å². The fourth-order valence-corrected chi connectivity index (χ4v) is 2.61. The molecule has 3 nitrogen and oxygen atoms in total. The van der Waals surface area contributed by atoms with Gasteiger partial charge < -0.3 is 5.73 Å². The van der Waals surface area contributed by atoms with Gasteiger partial charge in [-0.25, -0.2) is 0 Å². The Kier molecular flexibility index (Phi) is 4.74. The van der Waals surface area contributed by atoms with Crippen molar-refractivity contribution in [3.8, 4) is 6.07 Å². The summed E-state index contributed by atoms with van der Waals surface area (Å²) < 4.78 is 0. The summed E-state index contributed by atoms with van der Waals surface area (Å²) in [5, 5.41) is 8.76. The molecule has 3 heteroatoms. The van der Waals surface area contributed by atoms with E-state index in [1.54, 1.807) is 0 Å². The van der Waals surface area contributed by atoms with Crippen LogP contribution < -0.4 is 5.73 Å². The largest absolute Gasteiger partial charge is 0.330 e. The second-order valence-corrected chi connectivity index (χ2v) is 5.11. The summed E-state index contributed by atoms with van der Waals surface area (Å²) in [5.41, 5.74) is 7.64. The van der Waals surface area contributed by atoms with Crippen molar-refractivity contribution in [2.45, 2.75) is 25.8 Å². The van der Waals surface area contributed by atoms with Crippen molar-refractivity contribution in [2.75, 3.05) is 19.6 Å². The Morgan fingerprint density at radius 1 is 1.22 bits per heavy atom. The average Bonchev–Trinajstić information content (AvgIpc) is 2.42. The molecule has 0 aromatic heterocycles. The molecule has 0 aliphatic carbocycles. The van der Waals surface area contributed by atoms with Crippen LogP contribution in [0.15, 0.2) is 24.3 Å². The van der Waals surface area contributed by atoms with E-state index < -0.39 is 0 Å². The van der Waals surface area contributed by atoms with Crippen LogP contribution in [-0.2, 0) is 6.54 Å². The summed E-state index contributed by atoms with van der Waals surface area (Å²) in [4.78, 5) is 2.49. The van der Waals surface area contributed by atoms with E-state index in [0.29, 0.717) is 0 Å². The lowest BCUT2D eigenvalue weighted by molar-refractivity contribution is 0.173. The van der Waals surface area contributed by atoms with E-state index in [9.17, 15) is 0 Å². The van der Waals surface area contributed by atoms with E-state index in [1.807, 2.05) is 12.1 Å². The zero-order valence-electron chi connectivity index (χ0n) is 10.8. The first kappa shape index (κ1) is 13.1. The van der Waals surface area contributed by atoms with Crippen LogP contribution in [0.4, 0.5) is 0 Å². The highest BCUT2D eigenvalue weighted by Crippen LogP contribution is 2.21. The van der Waals surface area contributed by atoms with E-state index in [1.165, 1.54) is 37.9 Å². The minimum absolute atomic E-state index is 0.736. The van der Waals surface area contributed by atoms with Gasteiger partial charge in [0, 0.05) is 6.54 Å². The minimum Gasteiger partial charge on any atom is -0.330 e. The van der Waals surface area contributed by atoms with Gasteiger partial charge in [0.1, 0.15) is 0 Å². The van der Waals surface area contributed by atoms with E-state index in [0.717, 1.165) is 24.6 Å². The lowest BCUT2D eigenvalue weighted by Gasteiger charge is -2.31. The third-order valence-corrected chi connectivity index (χ3v) is 3.77. The molecule has 0 radical (unpaired) electrons.